The minimum Gasteiger partial charge on any atom is -0.454 e. The van der Waals surface area contributed by atoms with Crippen LogP contribution in [0.4, 0.5) is 5.69 Å². The second-order valence-corrected chi connectivity index (χ2v) is 13.3. The normalized spacial score (nSPS) is 25.5. The van der Waals surface area contributed by atoms with E-state index in [1.807, 2.05) is 122 Å². The van der Waals surface area contributed by atoms with Crippen molar-refractivity contribution in [2.45, 2.75) is 17.8 Å². The number of carbonyl (C=O) groups is 3. The Bertz CT molecular complexity index is 2190. The molecule has 5 aromatic carbocycles. The van der Waals surface area contributed by atoms with Crippen LogP contribution in [0.3, 0.4) is 0 Å². The molecule has 0 radical (unpaired) electrons. The first-order valence-corrected chi connectivity index (χ1v) is 16.6. The fraction of sp³-hybridized carbons (Fsp3) is 0.167. The van der Waals surface area contributed by atoms with E-state index in [-0.39, 0.29) is 19.4 Å². The highest BCUT2D eigenvalue weighted by Crippen LogP contribution is 2.74. The van der Waals surface area contributed by atoms with E-state index in [9.17, 15) is 0 Å². The molecule has 5 aromatic rings. The summed E-state index contributed by atoms with van der Waals surface area (Å²) in [5.41, 5.74) is 2.21. The van der Waals surface area contributed by atoms with Gasteiger partial charge in [0, 0.05) is 0 Å². The van der Waals surface area contributed by atoms with Gasteiger partial charge >= 0.3 is 0 Å². The van der Waals surface area contributed by atoms with Gasteiger partial charge in [-0.25, -0.2) is 4.90 Å². The van der Waals surface area contributed by atoms with Gasteiger partial charge in [0.1, 0.15) is 0 Å². The summed E-state index contributed by atoms with van der Waals surface area (Å²) in [6.45, 7) is 2.04. The van der Waals surface area contributed by atoms with Crippen LogP contribution in [0.2, 0.25) is 0 Å². The maximum Gasteiger partial charge on any atom is 0.239 e. The molecule has 2 aliphatic carbocycles. The molecule has 0 N–H and O–H groups in total. The molecule has 5 aliphatic rings. The fourth-order valence-corrected chi connectivity index (χ4v) is 9.28. The lowest BCUT2D eigenvalue weighted by molar-refractivity contribution is -0.130. The third-order valence-corrected chi connectivity index (χ3v) is 11.1. The molecule has 4 atom stereocenters. The minimum atomic E-state index is -1.55. The number of hydrogen-bond acceptors (Lipinski definition) is 7. The summed E-state index contributed by atoms with van der Waals surface area (Å²) in [6, 6.07) is 37.6. The Morgan fingerprint density at radius 3 is 1.46 bits per heavy atom. The highest BCUT2D eigenvalue weighted by atomic mass is 16.7. The van der Waals surface area contributed by atoms with Gasteiger partial charge in [0.25, 0.3) is 0 Å². The maximum absolute atomic E-state index is 16.2. The molecule has 1 saturated heterocycles. The maximum atomic E-state index is 16.2. The number of rotatable bonds is 5. The van der Waals surface area contributed by atoms with Gasteiger partial charge in [-0.3, -0.25) is 14.4 Å². The molecule has 0 unspecified atom stereocenters. The second-order valence-electron chi connectivity index (χ2n) is 13.3. The summed E-state index contributed by atoms with van der Waals surface area (Å²) in [6.07, 6.45) is 0. The van der Waals surface area contributed by atoms with Gasteiger partial charge in [-0.2, -0.15) is 0 Å². The quantitative estimate of drug-likeness (QED) is 0.196. The van der Waals surface area contributed by atoms with E-state index in [0.29, 0.717) is 62.1 Å². The largest absolute Gasteiger partial charge is 0.454 e. The number of benzene rings is 5. The summed E-state index contributed by atoms with van der Waals surface area (Å²) in [5, 5.41) is 0. The van der Waals surface area contributed by atoms with Crippen molar-refractivity contribution in [3.63, 3.8) is 0 Å². The highest BCUT2D eigenvalue weighted by Gasteiger charge is 2.83. The SMILES string of the molecule is Cc1ccccc1N1C(=O)[C@H]2[C@H](C1=O)[C@@]1(c3ccccc3)C(=O)[C@@]2(c2ccccc2)C(c2ccc3c(c2)OCO3)=C1c1ccc2c(c1)OCO2. The van der Waals surface area contributed by atoms with Crippen LogP contribution in [-0.2, 0) is 25.2 Å². The predicted molar refractivity (Wildman–Crippen MR) is 184 cm³/mol. The lowest BCUT2D eigenvalue weighted by Gasteiger charge is -2.39. The zero-order valence-corrected chi connectivity index (χ0v) is 26.9. The lowest BCUT2D eigenvalue weighted by atomic mass is 9.59. The lowest BCUT2D eigenvalue weighted by Crippen LogP contribution is -2.45. The van der Waals surface area contributed by atoms with Crippen LogP contribution in [0.5, 0.6) is 23.0 Å². The third-order valence-electron chi connectivity index (χ3n) is 11.1. The summed E-state index contributed by atoms with van der Waals surface area (Å²) in [5.74, 6) is -0.807. The molecule has 2 fully saturated rings. The number of ketones is 1. The molecule has 50 heavy (non-hydrogen) atoms. The molecule has 0 aromatic heterocycles. The van der Waals surface area contributed by atoms with Crippen molar-refractivity contribution in [2.75, 3.05) is 18.5 Å². The summed E-state index contributed by atoms with van der Waals surface area (Å²) < 4.78 is 23.1. The van der Waals surface area contributed by atoms with Crippen molar-refractivity contribution < 1.29 is 33.3 Å². The zero-order chi connectivity index (χ0) is 33.8. The Morgan fingerprint density at radius 2 is 0.980 bits per heavy atom. The van der Waals surface area contributed by atoms with Gasteiger partial charge in [0.2, 0.25) is 25.4 Å². The average molecular weight is 660 g/mol. The Kier molecular flexibility index (Phi) is 5.87. The van der Waals surface area contributed by atoms with Crippen LogP contribution in [0.25, 0.3) is 11.1 Å². The monoisotopic (exact) mass is 659 g/mol. The van der Waals surface area contributed by atoms with Gasteiger partial charge in [-0.05, 0) is 76.2 Å². The first kappa shape index (κ1) is 28.8. The number of nitrogens with zero attached hydrogens (tertiary/aromatic N) is 1. The molecule has 2 bridgehead atoms. The van der Waals surface area contributed by atoms with Crippen LogP contribution >= 0.6 is 0 Å². The molecule has 2 amide bonds. The van der Waals surface area contributed by atoms with Gasteiger partial charge in [-0.1, -0.05) is 91.0 Å². The van der Waals surface area contributed by atoms with Crippen molar-refractivity contribution >= 4 is 34.4 Å². The van der Waals surface area contributed by atoms with Crippen LogP contribution in [0.1, 0.15) is 27.8 Å². The van der Waals surface area contributed by atoms with Gasteiger partial charge in [0.05, 0.1) is 28.4 Å². The van der Waals surface area contributed by atoms with Gasteiger partial charge < -0.3 is 18.9 Å². The van der Waals surface area contributed by atoms with Crippen molar-refractivity contribution in [3.8, 4) is 23.0 Å². The molecule has 8 heteroatoms. The topological polar surface area (TPSA) is 91.4 Å². The predicted octanol–water partition coefficient (Wildman–Crippen LogP) is 6.64. The zero-order valence-electron chi connectivity index (χ0n) is 26.9. The number of carbonyl (C=O) groups excluding carboxylic acids is 3. The number of aryl methyl sites for hydroxylation is 1. The van der Waals surface area contributed by atoms with E-state index < -0.39 is 34.5 Å². The number of para-hydroxylation sites is 1. The molecule has 1 saturated carbocycles. The number of allylic oxidation sites excluding steroid dienone is 2. The van der Waals surface area contributed by atoms with E-state index >= 15 is 14.4 Å². The Hall–Kier alpha value is -6.15. The van der Waals surface area contributed by atoms with Gasteiger partial charge in [-0.15, -0.1) is 0 Å². The number of fused-ring (bicyclic) bond motifs is 7. The Morgan fingerprint density at radius 1 is 0.540 bits per heavy atom. The summed E-state index contributed by atoms with van der Waals surface area (Å²) >= 11 is 0. The first-order valence-electron chi connectivity index (χ1n) is 16.6. The van der Waals surface area contributed by atoms with Crippen molar-refractivity contribution in [1.82, 2.24) is 0 Å². The molecular weight excluding hydrogens is 630 g/mol. The number of imide groups is 1. The van der Waals surface area contributed by atoms with Crippen LogP contribution in [0.15, 0.2) is 121 Å². The average Bonchev–Trinajstić information content (AvgIpc) is 3.96. The van der Waals surface area contributed by atoms with Crippen molar-refractivity contribution in [2.24, 2.45) is 11.8 Å². The molecule has 10 rings (SSSR count). The van der Waals surface area contributed by atoms with Crippen molar-refractivity contribution in [3.05, 3.63) is 149 Å². The van der Waals surface area contributed by atoms with E-state index in [1.165, 1.54) is 4.90 Å². The number of amides is 2. The molecule has 3 heterocycles. The van der Waals surface area contributed by atoms with Crippen LogP contribution in [-0.4, -0.2) is 31.2 Å². The fourth-order valence-electron chi connectivity index (χ4n) is 9.28. The molecule has 3 aliphatic heterocycles. The van der Waals surface area contributed by atoms with E-state index in [2.05, 4.69) is 0 Å². The third kappa shape index (κ3) is 3.42. The number of anilines is 1. The minimum absolute atomic E-state index is 0.0760. The molecule has 8 nitrogen and oxygen atoms in total. The summed E-state index contributed by atoms with van der Waals surface area (Å²) in [4.78, 5) is 48.0. The molecular formula is C42H29NO7. The number of hydrogen-bond donors (Lipinski definition) is 0. The smallest absolute Gasteiger partial charge is 0.239 e. The van der Waals surface area contributed by atoms with Crippen LogP contribution in [0, 0.1) is 18.8 Å². The Labute approximate surface area is 287 Å². The Balaban J connectivity index is 1.38. The number of Topliss-reactive ketones (excluding diaryl/α,β-unsaturated/α-hetero) is 1. The molecule has 0 spiro atoms. The molecule has 244 valence electrons. The van der Waals surface area contributed by atoms with E-state index in [0.717, 1.165) is 5.56 Å². The second kappa shape index (κ2) is 10.2. The van der Waals surface area contributed by atoms with Crippen molar-refractivity contribution in [1.29, 1.82) is 0 Å². The van der Waals surface area contributed by atoms with Gasteiger partial charge in [0.15, 0.2) is 28.8 Å². The summed E-state index contributed by atoms with van der Waals surface area (Å²) in [7, 11) is 0. The van der Waals surface area contributed by atoms with Crippen LogP contribution < -0.4 is 23.8 Å². The number of ether oxygens (including phenoxy) is 4. The van der Waals surface area contributed by atoms with E-state index in [1.54, 1.807) is 6.07 Å². The van der Waals surface area contributed by atoms with E-state index in [4.69, 9.17) is 18.9 Å². The first-order chi connectivity index (χ1) is 24.5. The highest BCUT2D eigenvalue weighted by molar-refractivity contribution is 6.39. The standard InChI is InChI=1S/C42H29NO7/c1-24-10-8-9-15-29(24)43-38(44)36-37(39(43)45)42(28-13-6-3-7-14-28)35(26-17-19-31-33(21-26)50-23-48-31)34(25-16-18-30-32(20-25)49-22-47-30)41(36,40(42)46)27-11-4-2-5-12-27/h2-21,36-37H,22-23H2,1H3/t36-,37-,41+,42+/m1/s1.